The summed E-state index contributed by atoms with van der Waals surface area (Å²) < 4.78 is 5.05. The third-order valence-corrected chi connectivity index (χ3v) is 3.37. The second kappa shape index (κ2) is 7.98. The zero-order valence-electron chi connectivity index (χ0n) is 13.3. The van der Waals surface area contributed by atoms with Gasteiger partial charge in [-0.25, -0.2) is 0 Å². The van der Waals surface area contributed by atoms with Crippen LogP contribution in [-0.4, -0.2) is 18.9 Å². The minimum atomic E-state index is -0.360. The van der Waals surface area contributed by atoms with Crippen molar-refractivity contribution < 1.29 is 14.3 Å². The number of rotatable bonds is 6. The third kappa shape index (κ3) is 4.85. The van der Waals surface area contributed by atoms with Crippen LogP contribution in [0.15, 0.2) is 48.5 Å². The highest BCUT2D eigenvalue weighted by atomic mass is 16.5. The highest BCUT2D eigenvalue weighted by molar-refractivity contribution is 6.08. The Labute approximate surface area is 135 Å². The Bertz CT molecular complexity index is 681. The van der Waals surface area contributed by atoms with Crippen molar-refractivity contribution in [3.05, 3.63) is 54.1 Å². The fraction of sp³-hybridized carbons (Fsp3) is 0.222. The van der Waals surface area contributed by atoms with Crippen molar-refractivity contribution in [1.29, 1.82) is 0 Å². The maximum absolute atomic E-state index is 12.0. The van der Waals surface area contributed by atoms with Crippen LogP contribution in [-0.2, 0) is 16.0 Å². The molecule has 0 aromatic heterocycles. The molecule has 0 saturated carbocycles. The van der Waals surface area contributed by atoms with Gasteiger partial charge in [-0.3, -0.25) is 9.59 Å². The normalized spacial score (nSPS) is 10.0. The summed E-state index contributed by atoms with van der Waals surface area (Å²) in [6.07, 6.45) is 0.582. The van der Waals surface area contributed by atoms with E-state index in [1.165, 1.54) is 0 Å². The van der Waals surface area contributed by atoms with Gasteiger partial charge in [-0.05, 0) is 42.3 Å². The van der Waals surface area contributed by atoms with E-state index >= 15 is 0 Å². The van der Waals surface area contributed by atoms with Gasteiger partial charge in [0.2, 0.25) is 11.8 Å². The molecule has 0 radical (unpaired) electrons. The first-order chi connectivity index (χ1) is 11.1. The highest BCUT2D eigenvalue weighted by Crippen LogP contribution is 2.17. The van der Waals surface area contributed by atoms with Crippen LogP contribution in [0.2, 0.25) is 0 Å². The molecule has 2 aromatic rings. The van der Waals surface area contributed by atoms with E-state index in [0.29, 0.717) is 11.4 Å². The van der Waals surface area contributed by atoms with E-state index in [1.54, 1.807) is 31.4 Å². The molecule has 0 aliphatic rings. The molecule has 2 aromatic carbocycles. The number of carbonyl (C=O) groups is 2. The van der Waals surface area contributed by atoms with Crippen molar-refractivity contribution in [3.8, 4) is 5.75 Å². The van der Waals surface area contributed by atoms with Crippen LogP contribution in [0, 0.1) is 0 Å². The summed E-state index contributed by atoms with van der Waals surface area (Å²) in [5, 5.41) is 5.46. The van der Waals surface area contributed by atoms with Crippen LogP contribution in [0.25, 0.3) is 0 Å². The number of hydrogen-bond acceptors (Lipinski definition) is 3. The Morgan fingerprint density at radius 1 is 0.957 bits per heavy atom. The number of ether oxygens (including phenoxy) is 1. The van der Waals surface area contributed by atoms with E-state index in [2.05, 4.69) is 10.6 Å². The molecule has 0 saturated heterocycles. The summed E-state index contributed by atoms with van der Waals surface area (Å²) in [4.78, 5) is 23.9. The molecule has 0 bridgehead atoms. The minimum absolute atomic E-state index is 0.232. The Morgan fingerprint density at radius 3 is 2.26 bits per heavy atom. The monoisotopic (exact) mass is 312 g/mol. The quantitative estimate of drug-likeness (QED) is 0.805. The molecule has 5 nitrogen and oxygen atoms in total. The lowest BCUT2D eigenvalue weighted by molar-refractivity contribution is -0.123. The molecule has 2 rings (SSSR count). The molecule has 5 heteroatoms. The largest absolute Gasteiger partial charge is 0.497 e. The van der Waals surface area contributed by atoms with Crippen molar-refractivity contribution in [2.45, 2.75) is 19.8 Å². The van der Waals surface area contributed by atoms with E-state index < -0.39 is 0 Å². The smallest absolute Gasteiger partial charge is 0.233 e. The summed E-state index contributed by atoms with van der Waals surface area (Å²) in [5.41, 5.74) is 2.41. The van der Waals surface area contributed by atoms with Gasteiger partial charge in [0.05, 0.1) is 7.11 Å². The van der Waals surface area contributed by atoms with E-state index in [4.69, 9.17) is 4.74 Å². The Hall–Kier alpha value is -2.82. The molecule has 2 N–H and O–H groups in total. The molecular weight excluding hydrogens is 292 g/mol. The van der Waals surface area contributed by atoms with Crippen LogP contribution in [0.5, 0.6) is 5.75 Å². The lowest BCUT2D eigenvalue weighted by Gasteiger charge is -2.10. The van der Waals surface area contributed by atoms with Gasteiger partial charge >= 0.3 is 0 Å². The van der Waals surface area contributed by atoms with E-state index in [9.17, 15) is 9.59 Å². The third-order valence-electron chi connectivity index (χ3n) is 3.37. The fourth-order valence-electron chi connectivity index (χ4n) is 2.17. The van der Waals surface area contributed by atoms with Gasteiger partial charge in [-0.1, -0.05) is 25.1 Å². The molecule has 0 spiro atoms. The van der Waals surface area contributed by atoms with Gasteiger partial charge in [-0.2, -0.15) is 0 Å². The van der Waals surface area contributed by atoms with Crippen LogP contribution >= 0.6 is 0 Å². The molecule has 0 atom stereocenters. The second-order valence-corrected chi connectivity index (χ2v) is 5.01. The average Bonchev–Trinajstić information content (AvgIpc) is 2.55. The molecule has 23 heavy (non-hydrogen) atoms. The lowest BCUT2D eigenvalue weighted by Crippen LogP contribution is -2.21. The first kappa shape index (κ1) is 16.5. The van der Waals surface area contributed by atoms with Gasteiger partial charge in [0, 0.05) is 11.4 Å². The lowest BCUT2D eigenvalue weighted by atomic mass is 10.1. The molecule has 0 aliphatic heterocycles. The Balaban J connectivity index is 1.90. The fourth-order valence-corrected chi connectivity index (χ4v) is 2.17. The second-order valence-electron chi connectivity index (χ2n) is 5.01. The number of hydrogen-bond donors (Lipinski definition) is 2. The van der Waals surface area contributed by atoms with Gasteiger partial charge in [0.1, 0.15) is 12.2 Å². The summed E-state index contributed by atoms with van der Waals surface area (Å²) in [7, 11) is 1.58. The average molecular weight is 312 g/mol. The Kier molecular flexibility index (Phi) is 5.74. The molecule has 2 amide bonds. The molecule has 0 aliphatic carbocycles. The van der Waals surface area contributed by atoms with Crippen LogP contribution < -0.4 is 15.4 Å². The standard InChI is InChI=1S/C18H20N2O3/c1-3-13-6-4-5-7-16(13)20-18(22)12-17(21)19-14-8-10-15(23-2)11-9-14/h4-11H,3,12H2,1-2H3,(H,19,21)(H,20,22). The van der Waals surface area contributed by atoms with Gasteiger partial charge in [0.15, 0.2) is 0 Å². The van der Waals surface area contributed by atoms with Crippen molar-refractivity contribution in [1.82, 2.24) is 0 Å². The van der Waals surface area contributed by atoms with Gasteiger partial charge < -0.3 is 15.4 Å². The highest BCUT2D eigenvalue weighted by Gasteiger charge is 2.11. The number of anilines is 2. The number of aryl methyl sites for hydroxylation is 1. The predicted molar refractivity (Wildman–Crippen MR) is 90.7 cm³/mol. The maximum Gasteiger partial charge on any atom is 0.233 e. The van der Waals surface area contributed by atoms with Gasteiger partial charge in [0.25, 0.3) is 0 Å². The zero-order chi connectivity index (χ0) is 16.7. The SMILES string of the molecule is CCc1ccccc1NC(=O)CC(=O)Nc1ccc(OC)cc1. The Morgan fingerprint density at radius 2 is 1.61 bits per heavy atom. The first-order valence-corrected chi connectivity index (χ1v) is 7.44. The summed E-state index contributed by atoms with van der Waals surface area (Å²) in [5.74, 6) is 0.00970. The molecule has 0 unspecified atom stereocenters. The first-order valence-electron chi connectivity index (χ1n) is 7.44. The van der Waals surface area contributed by atoms with Crippen molar-refractivity contribution in [2.75, 3.05) is 17.7 Å². The maximum atomic E-state index is 12.0. The molecule has 0 heterocycles. The number of amides is 2. The van der Waals surface area contributed by atoms with E-state index in [0.717, 1.165) is 17.7 Å². The predicted octanol–water partition coefficient (Wildman–Crippen LogP) is 3.22. The summed E-state index contributed by atoms with van der Waals surface area (Å²) in [6, 6.07) is 14.5. The summed E-state index contributed by atoms with van der Waals surface area (Å²) in [6.45, 7) is 2.02. The topological polar surface area (TPSA) is 67.4 Å². The number of para-hydroxylation sites is 1. The van der Waals surface area contributed by atoms with Crippen LogP contribution in [0.4, 0.5) is 11.4 Å². The molecule has 120 valence electrons. The van der Waals surface area contributed by atoms with Crippen LogP contribution in [0.3, 0.4) is 0 Å². The molecule has 0 fully saturated rings. The zero-order valence-corrected chi connectivity index (χ0v) is 13.3. The van der Waals surface area contributed by atoms with Gasteiger partial charge in [-0.15, -0.1) is 0 Å². The van der Waals surface area contributed by atoms with E-state index in [-0.39, 0.29) is 18.2 Å². The summed E-state index contributed by atoms with van der Waals surface area (Å²) >= 11 is 0. The number of methoxy groups -OCH3 is 1. The van der Waals surface area contributed by atoms with Crippen molar-refractivity contribution in [2.24, 2.45) is 0 Å². The number of carbonyl (C=O) groups excluding carboxylic acids is 2. The minimum Gasteiger partial charge on any atom is -0.497 e. The number of nitrogens with one attached hydrogen (secondary N) is 2. The van der Waals surface area contributed by atoms with Crippen LogP contribution in [0.1, 0.15) is 18.9 Å². The van der Waals surface area contributed by atoms with Crippen molar-refractivity contribution >= 4 is 23.2 Å². The van der Waals surface area contributed by atoms with E-state index in [1.807, 2.05) is 31.2 Å². The van der Waals surface area contributed by atoms with Crippen molar-refractivity contribution in [3.63, 3.8) is 0 Å². The molecular formula is C18H20N2O3. The number of benzene rings is 2.